The van der Waals surface area contributed by atoms with E-state index >= 15 is 0 Å². The normalized spacial score (nSPS) is 12.2. The van der Waals surface area contributed by atoms with Gasteiger partial charge in [0.2, 0.25) is 0 Å². The van der Waals surface area contributed by atoms with Gasteiger partial charge in [0.05, 0.1) is 0 Å². The fraction of sp³-hybridized carbons (Fsp3) is 0.176. The molecule has 0 radical (unpaired) electrons. The maximum Gasteiger partial charge on any atom is 0.385 e. The molecule has 3 aromatic rings. The molecule has 0 saturated heterocycles. The number of fused-ring (bicyclic) bond motifs is 1. The molecule has 152 valence electrons. The SMILES string of the molecule is Cc1c(N)cccc1/C(N)=N/OC(=O)c1cc2nc(C(F)F)cc(C(F)F)n2n1. The van der Waals surface area contributed by atoms with Crippen molar-refractivity contribution in [1.29, 1.82) is 0 Å². The minimum atomic E-state index is -3.12. The fourth-order valence-electron chi connectivity index (χ4n) is 2.50. The molecule has 4 N–H and O–H groups in total. The number of alkyl halides is 4. The van der Waals surface area contributed by atoms with Crippen LogP contribution in [0.3, 0.4) is 0 Å². The highest BCUT2D eigenvalue weighted by molar-refractivity contribution is 6.00. The number of amidine groups is 1. The Morgan fingerprint density at radius 1 is 1.21 bits per heavy atom. The molecule has 2 heterocycles. The number of oxime groups is 1. The highest BCUT2D eigenvalue weighted by atomic mass is 19.3. The molecule has 0 aliphatic carbocycles. The lowest BCUT2D eigenvalue weighted by Gasteiger charge is -2.06. The first-order valence-corrected chi connectivity index (χ1v) is 8.06. The maximum atomic E-state index is 13.2. The Morgan fingerprint density at radius 3 is 2.59 bits per heavy atom. The van der Waals surface area contributed by atoms with Gasteiger partial charge >= 0.3 is 5.97 Å². The van der Waals surface area contributed by atoms with Gasteiger partial charge < -0.3 is 16.3 Å². The number of carbonyl (C=O) groups is 1. The zero-order valence-electron chi connectivity index (χ0n) is 14.8. The van der Waals surface area contributed by atoms with Crippen molar-refractivity contribution in [1.82, 2.24) is 14.6 Å². The van der Waals surface area contributed by atoms with Gasteiger partial charge in [-0.2, -0.15) is 5.10 Å². The van der Waals surface area contributed by atoms with Crippen LogP contribution in [0.25, 0.3) is 5.65 Å². The molecule has 0 aliphatic rings. The van der Waals surface area contributed by atoms with Crippen LogP contribution >= 0.6 is 0 Å². The van der Waals surface area contributed by atoms with Crippen molar-refractivity contribution in [2.75, 3.05) is 5.73 Å². The van der Waals surface area contributed by atoms with Gasteiger partial charge in [-0.1, -0.05) is 17.3 Å². The zero-order chi connectivity index (χ0) is 21.3. The van der Waals surface area contributed by atoms with Crippen LogP contribution in [0, 0.1) is 6.92 Å². The van der Waals surface area contributed by atoms with E-state index in [1.807, 2.05) is 0 Å². The first-order chi connectivity index (χ1) is 13.7. The number of hydrogen-bond donors (Lipinski definition) is 2. The summed E-state index contributed by atoms with van der Waals surface area (Å²) in [4.78, 5) is 20.4. The molecule has 3 rings (SSSR count). The summed E-state index contributed by atoms with van der Waals surface area (Å²) in [5, 5.41) is 7.14. The summed E-state index contributed by atoms with van der Waals surface area (Å²) in [6.45, 7) is 1.69. The molecule has 0 atom stereocenters. The van der Waals surface area contributed by atoms with Crippen molar-refractivity contribution in [3.8, 4) is 0 Å². The van der Waals surface area contributed by atoms with E-state index in [-0.39, 0.29) is 11.5 Å². The third-order valence-corrected chi connectivity index (χ3v) is 4.01. The molecule has 29 heavy (non-hydrogen) atoms. The number of nitrogens with two attached hydrogens (primary N) is 2. The fourth-order valence-corrected chi connectivity index (χ4v) is 2.50. The van der Waals surface area contributed by atoms with Crippen LogP contribution in [0.2, 0.25) is 0 Å². The van der Waals surface area contributed by atoms with Crippen molar-refractivity contribution < 1.29 is 27.2 Å². The number of halogens is 4. The number of aromatic nitrogens is 3. The number of benzene rings is 1. The second kappa shape index (κ2) is 7.73. The monoisotopic (exact) mass is 410 g/mol. The number of nitrogen functional groups attached to an aromatic ring is 1. The van der Waals surface area contributed by atoms with E-state index in [1.54, 1.807) is 25.1 Å². The standard InChI is InChI=1S/C17H14F4N6O2/c1-7-8(3-2-4-9(7)22)16(23)26-29-17(28)11-6-13-24-10(14(18)19)5-12(15(20)21)27(13)25-11/h2-6,14-15H,22H2,1H3,(H2,23,26). The molecule has 12 heteroatoms. The van der Waals surface area contributed by atoms with Gasteiger partial charge in [0.1, 0.15) is 11.4 Å². The first-order valence-electron chi connectivity index (χ1n) is 8.06. The molecule has 2 aromatic heterocycles. The third-order valence-electron chi connectivity index (χ3n) is 4.01. The highest BCUT2D eigenvalue weighted by Gasteiger charge is 2.22. The highest BCUT2D eigenvalue weighted by Crippen LogP contribution is 2.25. The van der Waals surface area contributed by atoms with E-state index in [1.165, 1.54) is 0 Å². The van der Waals surface area contributed by atoms with Crippen LogP contribution in [0.1, 0.15) is 45.9 Å². The van der Waals surface area contributed by atoms with E-state index in [0.29, 0.717) is 27.4 Å². The van der Waals surface area contributed by atoms with Crippen molar-refractivity contribution in [3.05, 3.63) is 58.5 Å². The lowest BCUT2D eigenvalue weighted by molar-refractivity contribution is 0.0508. The van der Waals surface area contributed by atoms with Crippen molar-refractivity contribution in [2.24, 2.45) is 10.9 Å². The quantitative estimate of drug-likeness (QED) is 0.167. The number of rotatable bonds is 5. The number of hydrogen-bond acceptors (Lipinski definition) is 6. The molecule has 0 fully saturated rings. The van der Waals surface area contributed by atoms with E-state index in [0.717, 1.165) is 6.07 Å². The second-order valence-electron chi connectivity index (χ2n) is 5.88. The van der Waals surface area contributed by atoms with Gasteiger partial charge in [0.25, 0.3) is 12.9 Å². The van der Waals surface area contributed by atoms with E-state index in [4.69, 9.17) is 16.3 Å². The lowest BCUT2D eigenvalue weighted by atomic mass is 10.1. The molecule has 0 unspecified atom stereocenters. The molecule has 0 aliphatic heterocycles. The summed E-state index contributed by atoms with van der Waals surface area (Å²) < 4.78 is 52.6. The Bertz CT molecular complexity index is 1110. The Labute approximate surface area is 160 Å². The summed E-state index contributed by atoms with van der Waals surface area (Å²) >= 11 is 0. The minimum absolute atomic E-state index is 0.154. The van der Waals surface area contributed by atoms with E-state index < -0.39 is 35.9 Å². The third kappa shape index (κ3) is 3.95. The van der Waals surface area contributed by atoms with Gasteiger partial charge in [-0.25, -0.2) is 31.9 Å². The van der Waals surface area contributed by atoms with Gasteiger partial charge in [0, 0.05) is 17.3 Å². The predicted molar refractivity (Wildman–Crippen MR) is 94.6 cm³/mol. The topological polar surface area (TPSA) is 121 Å². The van der Waals surface area contributed by atoms with Gasteiger partial charge in [0.15, 0.2) is 17.2 Å². The molecule has 0 amide bonds. The number of nitrogens with zero attached hydrogens (tertiary/aromatic N) is 4. The Balaban J connectivity index is 1.91. The van der Waals surface area contributed by atoms with Crippen LogP contribution < -0.4 is 11.5 Å². The maximum absolute atomic E-state index is 13.2. The molecular formula is C17H14F4N6O2. The Hall–Kier alpha value is -3.70. The van der Waals surface area contributed by atoms with Gasteiger partial charge in [-0.05, 0) is 24.6 Å². The average molecular weight is 410 g/mol. The summed E-state index contributed by atoms with van der Waals surface area (Å²) in [6.07, 6.45) is -6.20. The van der Waals surface area contributed by atoms with Crippen LogP contribution in [0.15, 0.2) is 35.5 Å². The van der Waals surface area contributed by atoms with Crippen LogP contribution in [0.4, 0.5) is 23.2 Å². The molecular weight excluding hydrogens is 396 g/mol. The Kier molecular flexibility index (Phi) is 5.35. The molecule has 0 spiro atoms. The second-order valence-corrected chi connectivity index (χ2v) is 5.88. The Morgan fingerprint density at radius 2 is 1.93 bits per heavy atom. The lowest BCUT2D eigenvalue weighted by Crippen LogP contribution is -2.17. The summed E-state index contributed by atoms with van der Waals surface area (Å²) in [5.41, 5.74) is 10.5. The molecule has 0 bridgehead atoms. The van der Waals surface area contributed by atoms with Gasteiger partial charge in [-0.15, -0.1) is 0 Å². The summed E-state index contributed by atoms with van der Waals surface area (Å²) in [6, 6.07) is 6.33. The molecule has 1 aromatic carbocycles. The van der Waals surface area contributed by atoms with Crippen LogP contribution in [0.5, 0.6) is 0 Å². The van der Waals surface area contributed by atoms with Crippen LogP contribution in [-0.2, 0) is 4.84 Å². The largest absolute Gasteiger partial charge is 0.398 e. The van der Waals surface area contributed by atoms with Crippen molar-refractivity contribution in [3.63, 3.8) is 0 Å². The van der Waals surface area contributed by atoms with Gasteiger partial charge in [-0.3, -0.25) is 0 Å². The summed E-state index contributed by atoms with van der Waals surface area (Å²) in [5.74, 6) is -1.29. The smallest absolute Gasteiger partial charge is 0.385 e. The number of carbonyl (C=O) groups excluding carboxylic acids is 1. The van der Waals surface area contributed by atoms with Crippen molar-refractivity contribution >= 4 is 23.1 Å². The summed E-state index contributed by atoms with van der Waals surface area (Å²) in [7, 11) is 0. The van der Waals surface area contributed by atoms with E-state index in [2.05, 4.69) is 15.2 Å². The first kappa shape index (κ1) is 20.0. The van der Waals surface area contributed by atoms with Crippen LogP contribution in [-0.4, -0.2) is 26.4 Å². The molecule has 0 saturated carbocycles. The predicted octanol–water partition coefficient (Wildman–Crippen LogP) is 2.97. The zero-order valence-corrected chi connectivity index (χ0v) is 14.8. The van der Waals surface area contributed by atoms with E-state index in [9.17, 15) is 22.4 Å². The average Bonchev–Trinajstić information content (AvgIpc) is 3.11. The minimum Gasteiger partial charge on any atom is -0.398 e. The molecule has 8 nitrogen and oxygen atoms in total. The number of anilines is 1. The van der Waals surface area contributed by atoms with Crippen molar-refractivity contribution in [2.45, 2.75) is 19.8 Å².